The Labute approximate surface area is 128 Å². The molecular formula is C16H17ClFNO2. The average molecular weight is 310 g/mol. The lowest BCUT2D eigenvalue weighted by Crippen LogP contribution is -2.01. The summed E-state index contributed by atoms with van der Waals surface area (Å²) in [5, 5.41) is 3.49. The van der Waals surface area contributed by atoms with Crippen LogP contribution in [0.4, 0.5) is 10.1 Å². The monoisotopic (exact) mass is 309 g/mol. The molecule has 0 aliphatic heterocycles. The molecule has 2 aromatic rings. The number of anilines is 1. The first kappa shape index (κ1) is 15.4. The summed E-state index contributed by atoms with van der Waals surface area (Å²) in [6, 6.07) is 10.0. The maximum atomic E-state index is 13.2. The number of halogens is 2. The molecule has 1 N–H and O–H groups in total. The second-order valence-electron chi connectivity index (χ2n) is 4.43. The van der Waals surface area contributed by atoms with E-state index in [4.69, 9.17) is 21.1 Å². The molecule has 0 fully saturated rings. The number of hydrogen-bond acceptors (Lipinski definition) is 3. The van der Waals surface area contributed by atoms with Crippen LogP contribution in [0.15, 0.2) is 36.4 Å². The van der Waals surface area contributed by atoms with Gasteiger partial charge in [-0.2, -0.15) is 0 Å². The van der Waals surface area contributed by atoms with Gasteiger partial charge in [-0.3, -0.25) is 0 Å². The van der Waals surface area contributed by atoms with Crippen LogP contribution in [0.1, 0.15) is 12.5 Å². The van der Waals surface area contributed by atoms with E-state index in [0.29, 0.717) is 35.4 Å². The first-order valence-corrected chi connectivity index (χ1v) is 7.00. The fourth-order valence-corrected chi connectivity index (χ4v) is 2.18. The first-order valence-electron chi connectivity index (χ1n) is 6.62. The molecule has 0 aliphatic carbocycles. The smallest absolute Gasteiger partial charge is 0.161 e. The van der Waals surface area contributed by atoms with Crippen molar-refractivity contribution in [2.45, 2.75) is 13.5 Å². The molecule has 0 radical (unpaired) electrons. The van der Waals surface area contributed by atoms with Gasteiger partial charge in [0, 0.05) is 17.3 Å². The third-order valence-electron chi connectivity index (χ3n) is 2.89. The normalized spacial score (nSPS) is 10.3. The molecule has 5 heteroatoms. The largest absolute Gasteiger partial charge is 0.493 e. The molecule has 2 rings (SSSR count). The van der Waals surface area contributed by atoms with E-state index in [2.05, 4.69) is 5.32 Å². The fourth-order valence-electron chi connectivity index (χ4n) is 1.96. The van der Waals surface area contributed by atoms with Crippen molar-refractivity contribution in [3.8, 4) is 11.5 Å². The molecule has 0 amide bonds. The van der Waals surface area contributed by atoms with Crippen LogP contribution in [-0.2, 0) is 6.54 Å². The van der Waals surface area contributed by atoms with Crippen molar-refractivity contribution in [2.75, 3.05) is 19.0 Å². The SMILES string of the molecule is CCOc1ccc(CNc2cc(F)cc(Cl)c2)cc1OC. The second kappa shape index (κ2) is 7.18. The van der Waals surface area contributed by atoms with E-state index >= 15 is 0 Å². The maximum Gasteiger partial charge on any atom is 0.161 e. The highest BCUT2D eigenvalue weighted by atomic mass is 35.5. The Morgan fingerprint density at radius 1 is 1.14 bits per heavy atom. The van der Waals surface area contributed by atoms with Crippen molar-refractivity contribution in [1.82, 2.24) is 0 Å². The summed E-state index contributed by atoms with van der Waals surface area (Å²) in [7, 11) is 1.60. The number of methoxy groups -OCH3 is 1. The van der Waals surface area contributed by atoms with Crippen LogP contribution in [0.25, 0.3) is 0 Å². The van der Waals surface area contributed by atoms with Gasteiger partial charge < -0.3 is 14.8 Å². The van der Waals surface area contributed by atoms with Crippen LogP contribution in [-0.4, -0.2) is 13.7 Å². The Hall–Kier alpha value is -1.94. The molecule has 112 valence electrons. The Kier molecular flexibility index (Phi) is 5.28. The minimum absolute atomic E-state index is 0.363. The average Bonchev–Trinajstić information content (AvgIpc) is 2.45. The third kappa shape index (κ3) is 4.26. The van der Waals surface area contributed by atoms with Crippen LogP contribution in [0.3, 0.4) is 0 Å². The lowest BCUT2D eigenvalue weighted by molar-refractivity contribution is 0.310. The molecule has 0 bridgehead atoms. The number of nitrogens with one attached hydrogen (secondary N) is 1. The lowest BCUT2D eigenvalue weighted by Gasteiger charge is -2.12. The van der Waals surface area contributed by atoms with Crippen LogP contribution in [0, 0.1) is 5.82 Å². The van der Waals surface area contributed by atoms with Crippen LogP contribution < -0.4 is 14.8 Å². The minimum Gasteiger partial charge on any atom is -0.493 e. The van der Waals surface area contributed by atoms with Crippen molar-refractivity contribution in [2.24, 2.45) is 0 Å². The molecule has 0 atom stereocenters. The van der Waals surface area contributed by atoms with E-state index in [1.165, 1.54) is 12.1 Å². The van der Waals surface area contributed by atoms with Crippen LogP contribution in [0.5, 0.6) is 11.5 Å². The van der Waals surface area contributed by atoms with Crippen molar-refractivity contribution < 1.29 is 13.9 Å². The number of ether oxygens (including phenoxy) is 2. The van der Waals surface area contributed by atoms with Gasteiger partial charge in [0.25, 0.3) is 0 Å². The highest BCUT2D eigenvalue weighted by molar-refractivity contribution is 6.30. The second-order valence-corrected chi connectivity index (χ2v) is 4.87. The van der Waals surface area contributed by atoms with E-state index in [9.17, 15) is 4.39 Å². The van der Waals surface area contributed by atoms with Crippen LogP contribution in [0.2, 0.25) is 5.02 Å². The van der Waals surface area contributed by atoms with Crippen molar-refractivity contribution in [3.05, 3.63) is 52.8 Å². The minimum atomic E-state index is -0.366. The fraction of sp³-hybridized carbons (Fsp3) is 0.250. The van der Waals surface area contributed by atoms with E-state index in [1.807, 2.05) is 25.1 Å². The Bertz CT molecular complexity index is 599. The van der Waals surface area contributed by atoms with E-state index in [0.717, 1.165) is 5.56 Å². The zero-order valence-electron chi connectivity index (χ0n) is 12.0. The third-order valence-corrected chi connectivity index (χ3v) is 3.11. The van der Waals surface area contributed by atoms with Gasteiger partial charge in [0.15, 0.2) is 11.5 Å². The summed E-state index contributed by atoms with van der Waals surface area (Å²) in [5.74, 6) is 1.01. The summed E-state index contributed by atoms with van der Waals surface area (Å²) in [6.45, 7) is 3.03. The molecule has 21 heavy (non-hydrogen) atoms. The quantitative estimate of drug-likeness (QED) is 0.852. The van der Waals surface area contributed by atoms with Gasteiger partial charge in [-0.25, -0.2) is 4.39 Å². The summed E-state index contributed by atoms with van der Waals surface area (Å²) in [4.78, 5) is 0. The van der Waals surface area contributed by atoms with Crippen molar-refractivity contribution in [1.29, 1.82) is 0 Å². The molecule has 3 nitrogen and oxygen atoms in total. The summed E-state index contributed by atoms with van der Waals surface area (Å²) < 4.78 is 24.0. The molecule has 0 aliphatic rings. The zero-order chi connectivity index (χ0) is 15.2. The van der Waals surface area contributed by atoms with Gasteiger partial charge >= 0.3 is 0 Å². The Morgan fingerprint density at radius 2 is 1.95 bits per heavy atom. The molecule has 0 spiro atoms. The van der Waals surface area contributed by atoms with Gasteiger partial charge in [-0.1, -0.05) is 17.7 Å². The van der Waals surface area contributed by atoms with Crippen LogP contribution >= 0.6 is 11.6 Å². The molecule has 0 saturated heterocycles. The first-order chi connectivity index (χ1) is 10.1. The standard InChI is InChI=1S/C16H17ClFNO2/c1-3-21-15-5-4-11(6-16(15)20-2)10-19-14-8-12(17)7-13(18)9-14/h4-9,19H,3,10H2,1-2H3. The molecule has 2 aromatic carbocycles. The summed E-state index contributed by atoms with van der Waals surface area (Å²) >= 11 is 5.82. The molecule has 0 unspecified atom stereocenters. The van der Waals surface area contributed by atoms with Gasteiger partial charge in [0.2, 0.25) is 0 Å². The Balaban J connectivity index is 2.09. The van der Waals surface area contributed by atoms with Gasteiger partial charge in [-0.15, -0.1) is 0 Å². The molecule has 0 saturated carbocycles. The van der Waals surface area contributed by atoms with E-state index in [-0.39, 0.29) is 5.82 Å². The number of rotatable bonds is 6. The highest BCUT2D eigenvalue weighted by Crippen LogP contribution is 2.28. The number of benzene rings is 2. The topological polar surface area (TPSA) is 30.5 Å². The van der Waals surface area contributed by atoms with Gasteiger partial charge in [0.1, 0.15) is 5.82 Å². The molecule has 0 heterocycles. The van der Waals surface area contributed by atoms with E-state index in [1.54, 1.807) is 13.2 Å². The molecular weight excluding hydrogens is 293 g/mol. The van der Waals surface area contributed by atoms with E-state index < -0.39 is 0 Å². The van der Waals surface area contributed by atoms with Crippen molar-refractivity contribution >= 4 is 17.3 Å². The lowest BCUT2D eigenvalue weighted by atomic mass is 10.2. The molecule has 0 aromatic heterocycles. The zero-order valence-corrected chi connectivity index (χ0v) is 12.7. The maximum absolute atomic E-state index is 13.2. The summed E-state index contributed by atoms with van der Waals surface area (Å²) in [5.41, 5.74) is 1.63. The van der Waals surface area contributed by atoms with Gasteiger partial charge in [0.05, 0.1) is 13.7 Å². The Morgan fingerprint density at radius 3 is 2.62 bits per heavy atom. The van der Waals surface area contributed by atoms with Gasteiger partial charge in [-0.05, 0) is 42.8 Å². The predicted molar refractivity (Wildman–Crippen MR) is 82.9 cm³/mol. The van der Waals surface area contributed by atoms with Crippen molar-refractivity contribution in [3.63, 3.8) is 0 Å². The summed E-state index contributed by atoms with van der Waals surface area (Å²) in [6.07, 6.45) is 0. The predicted octanol–water partition coefficient (Wildman–Crippen LogP) is 4.50. The highest BCUT2D eigenvalue weighted by Gasteiger charge is 2.06. The number of hydrogen-bond donors (Lipinski definition) is 1.